The van der Waals surface area contributed by atoms with Gasteiger partial charge in [-0.3, -0.25) is 0 Å². The van der Waals surface area contributed by atoms with Gasteiger partial charge < -0.3 is 20.4 Å². The number of rotatable bonds is 7. The van der Waals surface area contributed by atoms with Crippen LogP contribution in [0.4, 0.5) is 0 Å². The van der Waals surface area contributed by atoms with Gasteiger partial charge in [-0.25, -0.2) is 0 Å². The third-order valence-corrected chi connectivity index (χ3v) is 2.87. The quantitative estimate of drug-likeness (QED) is 0.344. The summed E-state index contributed by atoms with van der Waals surface area (Å²) in [4.78, 5) is 0. The van der Waals surface area contributed by atoms with Crippen molar-refractivity contribution in [1.82, 2.24) is 0 Å². The summed E-state index contributed by atoms with van der Waals surface area (Å²) in [5.74, 6) is 1.82. The fraction of sp³-hybridized carbons (Fsp3) is 0.500. The van der Waals surface area contributed by atoms with Crippen LogP contribution in [0.3, 0.4) is 0 Å². The van der Waals surface area contributed by atoms with E-state index in [-0.39, 0.29) is 5.84 Å². The molecule has 1 rings (SSSR count). The van der Waals surface area contributed by atoms with Crippen molar-refractivity contribution in [3.63, 3.8) is 0 Å². The predicted molar refractivity (Wildman–Crippen MR) is 75.1 cm³/mol. The molecule has 0 saturated heterocycles. The lowest BCUT2D eigenvalue weighted by atomic mass is 10.1. The molecule has 0 aliphatic rings. The van der Waals surface area contributed by atoms with Gasteiger partial charge in [-0.2, -0.15) is 0 Å². The van der Waals surface area contributed by atoms with E-state index >= 15 is 0 Å². The fourth-order valence-corrected chi connectivity index (χ4v) is 1.46. The summed E-state index contributed by atoms with van der Waals surface area (Å²) in [6.07, 6.45) is 1.06. The van der Waals surface area contributed by atoms with Gasteiger partial charge in [-0.15, -0.1) is 0 Å². The second-order valence-electron chi connectivity index (χ2n) is 4.40. The molecular weight excluding hydrogens is 244 g/mol. The molecule has 0 spiro atoms. The maximum atomic E-state index is 8.68. The minimum Gasteiger partial charge on any atom is -0.490 e. The number of hydrogen-bond donors (Lipinski definition) is 2. The Morgan fingerprint density at radius 3 is 2.63 bits per heavy atom. The van der Waals surface area contributed by atoms with Crippen LogP contribution in [-0.2, 0) is 0 Å². The molecule has 1 unspecified atom stereocenters. The van der Waals surface area contributed by atoms with Crippen LogP contribution < -0.4 is 15.2 Å². The van der Waals surface area contributed by atoms with Crippen LogP contribution in [0.15, 0.2) is 23.4 Å². The second kappa shape index (κ2) is 7.51. The smallest absolute Gasteiger partial charge is 0.170 e. The zero-order valence-corrected chi connectivity index (χ0v) is 11.7. The molecule has 0 aliphatic carbocycles. The lowest BCUT2D eigenvalue weighted by Crippen LogP contribution is -2.14. The van der Waals surface area contributed by atoms with Gasteiger partial charge >= 0.3 is 0 Å². The number of hydrogen-bond acceptors (Lipinski definition) is 4. The zero-order valence-electron chi connectivity index (χ0n) is 11.7. The van der Waals surface area contributed by atoms with E-state index in [1.54, 1.807) is 18.2 Å². The first-order valence-electron chi connectivity index (χ1n) is 6.49. The molecule has 1 aromatic carbocycles. The average Bonchev–Trinajstić information content (AvgIpc) is 2.44. The van der Waals surface area contributed by atoms with Gasteiger partial charge in [0.15, 0.2) is 17.3 Å². The molecule has 19 heavy (non-hydrogen) atoms. The van der Waals surface area contributed by atoms with Crippen LogP contribution in [0.5, 0.6) is 11.5 Å². The maximum absolute atomic E-state index is 8.68. The van der Waals surface area contributed by atoms with Crippen LogP contribution >= 0.6 is 0 Å². The van der Waals surface area contributed by atoms with Gasteiger partial charge in [0.25, 0.3) is 0 Å². The van der Waals surface area contributed by atoms with E-state index in [0.29, 0.717) is 36.2 Å². The molecule has 0 aromatic heterocycles. The standard InChI is InChI=1S/C14H22N2O3/c1-4-10(3)9-19-12-7-6-11(14(15)16-17)8-13(12)18-5-2/h6-8,10,17H,4-5,9H2,1-3H3,(H2,15,16). The van der Waals surface area contributed by atoms with E-state index in [2.05, 4.69) is 19.0 Å². The highest BCUT2D eigenvalue weighted by atomic mass is 16.5. The van der Waals surface area contributed by atoms with Gasteiger partial charge in [0.1, 0.15) is 0 Å². The van der Waals surface area contributed by atoms with Crippen LogP contribution in [0.25, 0.3) is 0 Å². The summed E-state index contributed by atoms with van der Waals surface area (Å²) in [6, 6.07) is 5.23. The lowest BCUT2D eigenvalue weighted by molar-refractivity contribution is 0.237. The van der Waals surface area contributed by atoms with E-state index < -0.39 is 0 Å². The van der Waals surface area contributed by atoms with Crippen molar-refractivity contribution < 1.29 is 14.7 Å². The summed E-state index contributed by atoms with van der Waals surface area (Å²) in [5.41, 5.74) is 6.16. The molecule has 0 amide bonds. The Morgan fingerprint density at radius 2 is 2.05 bits per heavy atom. The predicted octanol–water partition coefficient (Wildman–Crippen LogP) is 2.60. The minimum atomic E-state index is 0.0504. The van der Waals surface area contributed by atoms with Gasteiger partial charge in [0.05, 0.1) is 13.2 Å². The summed E-state index contributed by atoms with van der Waals surface area (Å²) >= 11 is 0. The highest BCUT2D eigenvalue weighted by Crippen LogP contribution is 2.29. The van der Waals surface area contributed by atoms with Crippen molar-refractivity contribution in [2.75, 3.05) is 13.2 Å². The number of amidine groups is 1. The van der Waals surface area contributed by atoms with Gasteiger partial charge in [0, 0.05) is 5.56 Å². The molecule has 0 bridgehead atoms. The summed E-state index contributed by atoms with van der Waals surface area (Å²) < 4.78 is 11.3. The maximum Gasteiger partial charge on any atom is 0.170 e. The molecule has 0 heterocycles. The van der Waals surface area contributed by atoms with Gasteiger partial charge in [-0.05, 0) is 31.0 Å². The van der Waals surface area contributed by atoms with E-state index in [1.165, 1.54) is 0 Å². The average molecular weight is 266 g/mol. The highest BCUT2D eigenvalue weighted by molar-refractivity contribution is 5.97. The molecule has 0 fully saturated rings. The third kappa shape index (κ3) is 4.35. The largest absolute Gasteiger partial charge is 0.490 e. The molecule has 1 aromatic rings. The molecule has 106 valence electrons. The first-order chi connectivity index (χ1) is 9.12. The van der Waals surface area contributed by atoms with Crippen LogP contribution in [-0.4, -0.2) is 24.3 Å². The normalized spacial score (nSPS) is 13.1. The number of nitrogens with two attached hydrogens (primary N) is 1. The van der Waals surface area contributed by atoms with E-state index in [9.17, 15) is 0 Å². The lowest BCUT2D eigenvalue weighted by Gasteiger charge is -2.15. The minimum absolute atomic E-state index is 0.0504. The van der Waals surface area contributed by atoms with E-state index in [1.807, 2.05) is 6.92 Å². The number of ether oxygens (including phenoxy) is 2. The Bertz CT molecular complexity index is 433. The molecule has 5 heteroatoms. The highest BCUT2D eigenvalue weighted by Gasteiger charge is 2.10. The van der Waals surface area contributed by atoms with Crippen LogP contribution in [0.1, 0.15) is 32.8 Å². The Labute approximate surface area is 114 Å². The topological polar surface area (TPSA) is 77.1 Å². The van der Waals surface area contributed by atoms with Gasteiger partial charge in [-0.1, -0.05) is 25.4 Å². The van der Waals surface area contributed by atoms with Crippen molar-refractivity contribution in [2.24, 2.45) is 16.8 Å². The Morgan fingerprint density at radius 1 is 1.32 bits per heavy atom. The summed E-state index contributed by atoms with van der Waals surface area (Å²) in [7, 11) is 0. The fourth-order valence-electron chi connectivity index (χ4n) is 1.46. The zero-order chi connectivity index (χ0) is 14.3. The molecule has 0 aliphatic heterocycles. The number of oxime groups is 1. The summed E-state index contributed by atoms with van der Waals surface area (Å²) in [6.45, 7) is 7.32. The van der Waals surface area contributed by atoms with Gasteiger partial charge in [0.2, 0.25) is 0 Å². The first kappa shape index (κ1) is 15.1. The summed E-state index contributed by atoms with van der Waals surface area (Å²) in [5, 5.41) is 11.7. The molecule has 5 nitrogen and oxygen atoms in total. The third-order valence-electron chi connectivity index (χ3n) is 2.87. The van der Waals surface area contributed by atoms with E-state index in [4.69, 9.17) is 20.4 Å². The molecule has 1 atom stereocenters. The van der Waals surface area contributed by atoms with Crippen molar-refractivity contribution in [3.8, 4) is 11.5 Å². The van der Waals surface area contributed by atoms with Crippen molar-refractivity contribution >= 4 is 5.84 Å². The number of nitrogens with zero attached hydrogens (tertiary/aromatic N) is 1. The molecular formula is C14H22N2O3. The SMILES string of the molecule is CCOc1cc(C(N)=NO)ccc1OCC(C)CC. The second-order valence-corrected chi connectivity index (χ2v) is 4.40. The molecule has 0 saturated carbocycles. The van der Waals surface area contributed by atoms with Crippen molar-refractivity contribution in [1.29, 1.82) is 0 Å². The van der Waals surface area contributed by atoms with E-state index in [0.717, 1.165) is 6.42 Å². The number of benzene rings is 1. The van der Waals surface area contributed by atoms with Crippen molar-refractivity contribution in [3.05, 3.63) is 23.8 Å². The first-order valence-corrected chi connectivity index (χ1v) is 6.49. The molecule has 0 radical (unpaired) electrons. The van der Waals surface area contributed by atoms with Crippen molar-refractivity contribution in [2.45, 2.75) is 27.2 Å². The van der Waals surface area contributed by atoms with Crippen LogP contribution in [0, 0.1) is 5.92 Å². The monoisotopic (exact) mass is 266 g/mol. The Kier molecular flexibility index (Phi) is 5.99. The Balaban J connectivity index is 2.91. The van der Waals surface area contributed by atoms with Crippen LogP contribution in [0.2, 0.25) is 0 Å². The Hall–Kier alpha value is -1.91. The molecule has 3 N–H and O–H groups in total.